The largest absolute Gasteiger partial charge is 0.376 e. The molecule has 1 unspecified atom stereocenters. The Balaban J connectivity index is 1.32. The van der Waals surface area contributed by atoms with Gasteiger partial charge in [0.25, 0.3) is 0 Å². The Morgan fingerprint density at radius 2 is 1.86 bits per heavy atom. The van der Waals surface area contributed by atoms with Crippen LogP contribution in [0.4, 0.5) is 15.8 Å². The monoisotopic (exact) mass is 591 g/mol. The first kappa shape index (κ1) is 25.8. The van der Waals surface area contributed by atoms with E-state index in [4.69, 9.17) is 11.6 Å². The second-order valence-corrected chi connectivity index (χ2v) is 11.5. The van der Waals surface area contributed by atoms with Gasteiger partial charge < -0.3 is 16.1 Å². The average Bonchev–Trinajstić information content (AvgIpc) is 3.98. The van der Waals surface area contributed by atoms with E-state index in [2.05, 4.69) is 38.7 Å². The molecule has 2 fully saturated rings. The van der Waals surface area contributed by atoms with Crippen LogP contribution in [-0.2, 0) is 0 Å². The molecule has 2 heterocycles. The minimum atomic E-state index is -1.56. The summed E-state index contributed by atoms with van der Waals surface area (Å²) >= 11 is 6.81. The molecule has 4 atom stereocenters. The molecule has 3 aliphatic rings. The van der Waals surface area contributed by atoms with E-state index < -0.39 is 11.8 Å². The zero-order valence-electron chi connectivity index (χ0n) is 24.0. The van der Waals surface area contributed by atoms with Crippen LogP contribution >= 0.6 is 11.6 Å². The van der Waals surface area contributed by atoms with Crippen LogP contribution in [0.25, 0.3) is 10.9 Å². The molecule has 4 N–H and O–H groups in total. The first-order valence-corrected chi connectivity index (χ1v) is 14.6. The molecule has 0 saturated heterocycles. The van der Waals surface area contributed by atoms with Crippen molar-refractivity contribution >= 4 is 33.9 Å². The van der Waals surface area contributed by atoms with Gasteiger partial charge in [0.15, 0.2) is 0 Å². The predicted octanol–water partition coefficient (Wildman–Crippen LogP) is 6.69. The van der Waals surface area contributed by atoms with Crippen molar-refractivity contribution in [2.45, 2.75) is 37.4 Å². The minimum absolute atomic E-state index is 0.0793. The summed E-state index contributed by atoms with van der Waals surface area (Å²) in [5.74, 6) is -0.401. The van der Waals surface area contributed by atoms with E-state index in [1.54, 1.807) is 18.2 Å². The van der Waals surface area contributed by atoms with Crippen LogP contribution < -0.4 is 21.6 Å². The molecule has 214 valence electrons. The van der Waals surface area contributed by atoms with Gasteiger partial charge in [-0.25, -0.2) is 4.39 Å². The van der Waals surface area contributed by atoms with E-state index in [1.165, 1.54) is 18.3 Å². The maximum atomic E-state index is 13.9. The number of aromatic nitrogens is 1. The summed E-state index contributed by atoms with van der Waals surface area (Å²) in [6.07, 6.45) is 6.22. The van der Waals surface area contributed by atoms with Crippen molar-refractivity contribution < 1.29 is 5.76 Å². The lowest BCUT2D eigenvalue weighted by Gasteiger charge is -2.24. The summed E-state index contributed by atoms with van der Waals surface area (Å²) in [6, 6.07) is 22.4. The maximum Gasteiger partial charge on any atom is 0.123 e. The van der Waals surface area contributed by atoms with Crippen molar-refractivity contribution in [1.82, 2.24) is 21.0 Å². The quantitative estimate of drug-likeness (QED) is 0.170. The Hall–Kier alpha value is -4.83. The Bertz CT molecular complexity index is 1850. The summed E-state index contributed by atoms with van der Waals surface area (Å²) in [4.78, 5) is 4.50. The van der Waals surface area contributed by atoms with Crippen molar-refractivity contribution in [2.24, 2.45) is 11.8 Å². The number of rotatable bonds is 9. The Morgan fingerprint density at radius 1 is 1.07 bits per heavy atom. The average molecular weight is 592 g/mol. The molecular weight excluding hydrogens is 563 g/mol. The highest BCUT2D eigenvalue weighted by Crippen LogP contribution is 2.49. The standard InChI is InChI=1S/C33H28ClFN8/c34-28-14-24(39-32(20-6-8-23(35)9-7-20)29-18-43(42-41-29)25-10-11-25)13-27-31(22(16-37)17-38-33(27)28)40-30(26-12-21(26)15-36)19-4-2-1-3-5-19/h1-9,13-14,17-18,21,25-26,30,32,39,41-42H,10-12H2,(H,38,40)/t21?,26-,30+,32-/m1/s1/i32D. The summed E-state index contributed by atoms with van der Waals surface area (Å²) in [7, 11) is 0. The van der Waals surface area contributed by atoms with Crippen molar-refractivity contribution in [3.05, 3.63) is 112 Å². The third-order valence-electron chi connectivity index (χ3n) is 8.14. The molecule has 7 rings (SSSR count). The van der Waals surface area contributed by atoms with Crippen LogP contribution in [0.3, 0.4) is 0 Å². The topological polar surface area (TPSA) is 112 Å². The second kappa shape index (κ2) is 11.1. The number of hydrogen-bond donors (Lipinski definition) is 4. The normalized spacial score (nSPS) is 21.4. The maximum absolute atomic E-state index is 13.9. The van der Waals surface area contributed by atoms with Gasteiger partial charge in [0, 0.05) is 35.4 Å². The Labute approximate surface area is 255 Å². The molecule has 0 amide bonds. The molecular formula is C33H28ClFN8. The molecule has 43 heavy (non-hydrogen) atoms. The van der Waals surface area contributed by atoms with E-state index in [1.807, 2.05) is 47.6 Å². The number of pyridine rings is 1. The van der Waals surface area contributed by atoms with Crippen molar-refractivity contribution in [3.8, 4) is 12.1 Å². The molecule has 10 heteroatoms. The molecule has 4 aromatic rings. The highest BCUT2D eigenvalue weighted by Gasteiger charge is 2.44. The number of nitrogens with one attached hydrogen (secondary N) is 4. The molecule has 8 nitrogen and oxygen atoms in total. The number of hydrogen-bond acceptors (Lipinski definition) is 8. The van der Waals surface area contributed by atoms with Crippen molar-refractivity contribution in [2.75, 3.05) is 10.6 Å². The van der Waals surface area contributed by atoms with Gasteiger partial charge in [-0.15, -0.1) is 5.53 Å². The summed E-state index contributed by atoms with van der Waals surface area (Å²) in [6.45, 7) is 0. The van der Waals surface area contributed by atoms with Crippen LogP contribution in [0.5, 0.6) is 0 Å². The van der Waals surface area contributed by atoms with Crippen molar-refractivity contribution in [3.63, 3.8) is 0 Å². The molecule has 1 aromatic heterocycles. The lowest BCUT2D eigenvalue weighted by atomic mass is 9.99. The number of halogens is 2. The number of fused-ring (bicyclic) bond motifs is 1. The van der Waals surface area contributed by atoms with E-state index >= 15 is 0 Å². The highest BCUT2D eigenvalue weighted by molar-refractivity contribution is 6.35. The summed E-state index contributed by atoms with van der Waals surface area (Å²) < 4.78 is 23.6. The number of anilines is 2. The van der Waals surface area contributed by atoms with Gasteiger partial charge in [-0.2, -0.15) is 10.5 Å². The van der Waals surface area contributed by atoms with Crippen LogP contribution in [0.1, 0.15) is 49.4 Å². The fraction of sp³-hybridized carbons (Fsp3) is 0.242. The van der Waals surface area contributed by atoms with Gasteiger partial charge in [-0.3, -0.25) is 9.99 Å². The molecule has 0 radical (unpaired) electrons. The zero-order valence-corrected chi connectivity index (χ0v) is 23.7. The van der Waals surface area contributed by atoms with Crippen LogP contribution in [0.2, 0.25) is 5.02 Å². The van der Waals surface area contributed by atoms with Crippen LogP contribution in [0.15, 0.2) is 84.8 Å². The van der Waals surface area contributed by atoms with E-state index in [9.17, 15) is 16.3 Å². The van der Waals surface area contributed by atoms with Gasteiger partial charge in [0.05, 0.1) is 52.9 Å². The lowest BCUT2D eigenvalue weighted by molar-refractivity contribution is 0.260. The smallest absolute Gasteiger partial charge is 0.123 e. The minimum Gasteiger partial charge on any atom is -0.376 e. The fourth-order valence-electron chi connectivity index (χ4n) is 5.62. The third-order valence-corrected chi connectivity index (χ3v) is 8.43. The van der Waals surface area contributed by atoms with Crippen molar-refractivity contribution in [1.29, 1.82) is 10.5 Å². The van der Waals surface area contributed by atoms with Gasteiger partial charge in [0.2, 0.25) is 0 Å². The summed E-state index contributed by atoms with van der Waals surface area (Å²) in [5, 5.41) is 29.5. The van der Waals surface area contributed by atoms with Gasteiger partial charge in [-0.05, 0) is 54.7 Å². The van der Waals surface area contributed by atoms with E-state index in [-0.39, 0.29) is 17.9 Å². The third kappa shape index (κ3) is 5.41. The van der Waals surface area contributed by atoms with Gasteiger partial charge >= 0.3 is 0 Å². The van der Waals surface area contributed by atoms with Crippen LogP contribution in [0, 0.1) is 40.3 Å². The Kier molecular flexibility index (Phi) is 6.68. The molecule has 2 saturated carbocycles. The number of nitrogens with zero attached hydrogens (tertiary/aromatic N) is 4. The number of benzene rings is 3. The molecule has 2 aliphatic carbocycles. The summed E-state index contributed by atoms with van der Waals surface area (Å²) in [5.41, 5.74) is 10.2. The molecule has 1 aliphatic heterocycles. The van der Waals surface area contributed by atoms with Crippen LogP contribution in [-0.4, -0.2) is 16.0 Å². The number of nitriles is 2. The highest BCUT2D eigenvalue weighted by atomic mass is 35.5. The second-order valence-electron chi connectivity index (χ2n) is 11.1. The van der Waals surface area contributed by atoms with E-state index in [0.29, 0.717) is 50.2 Å². The SMILES string of the molecule is [2H][C@](Nc1cc(Cl)c2ncc(C#N)c(N[C@@H](c3ccccc3)[C@@H]3CC3C#N)c2c1)(C1=CN(C2CC2)NN1)c1ccc(F)cc1. The molecule has 0 bridgehead atoms. The first-order chi connectivity index (χ1) is 21.4. The predicted molar refractivity (Wildman–Crippen MR) is 163 cm³/mol. The fourth-order valence-corrected chi connectivity index (χ4v) is 5.89. The van der Waals surface area contributed by atoms with Gasteiger partial charge in [0.1, 0.15) is 11.9 Å². The van der Waals surface area contributed by atoms with E-state index in [0.717, 1.165) is 24.8 Å². The first-order valence-electron chi connectivity index (χ1n) is 14.7. The van der Waals surface area contributed by atoms with Gasteiger partial charge in [-0.1, -0.05) is 54.1 Å². The lowest BCUT2D eigenvalue weighted by Crippen LogP contribution is -2.38. The number of hydrazine groups is 2. The Morgan fingerprint density at radius 3 is 2.56 bits per heavy atom. The zero-order chi connectivity index (χ0) is 30.4. The molecule has 3 aromatic carbocycles. The molecule has 0 spiro atoms.